The van der Waals surface area contributed by atoms with Gasteiger partial charge < -0.3 is 9.84 Å². The zero-order valence-corrected chi connectivity index (χ0v) is 14.7. The van der Waals surface area contributed by atoms with E-state index in [1.165, 1.54) is 12.7 Å². The molecule has 24 heavy (non-hydrogen) atoms. The lowest BCUT2D eigenvalue weighted by Crippen LogP contribution is -2.51. The molecule has 130 valence electrons. The summed E-state index contributed by atoms with van der Waals surface area (Å²) in [6, 6.07) is 0. The van der Waals surface area contributed by atoms with Gasteiger partial charge in [-0.05, 0) is 49.0 Å². The molecular weight excluding hydrogens is 304 g/mol. The van der Waals surface area contributed by atoms with Crippen LogP contribution in [-0.4, -0.2) is 24.0 Å². The first-order valence-electron chi connectivity index (χ1n) is 8.62. The Kier molecular flexibility index (Phi) is 3.97. The number of hydrogen-bond donors (Lipinski definition) is 1. The molecule has 4 heteroatoms. The lowest BCUT2D eigenvalue weighted by molar-refractivity contribution is -0.155. The number of carbonyl (C=O) groups excluding carboxylic acids is 2. The molecule has 4 nitrogen and oxygen atoms in total. The Labute approximate surface area is 143 Å². The van der Waals surface area contributed by atoms with E-state index in [1.807, 2.05) is 6.08 Å². The summed E-state index contributed by atoms with van der Waals surface area (Å²) in [5.41, 5.74) is 1.07. The molecule has 1 N–H and O–H groups in total. The monoisotopic (exact) mass is 330 g/mol. The number of rotatable bonds is 2. The van der Waals surface area contributed by atoms with E-state index in [0.29, 0.717) is 6.42 Å². The molecule has 0 saturated heterocycles. The predicted molar refractivity (Wildman–Crippen MR) is 91.2 cm³/mol. The Morgan fingerprint density at radius 2 is 2.17 bits per heavy atom. The number of allylic oxidation sites excluding steroid dienone is 5. The summed E-state index contributed by atoms with van der Waals surface area (Å²) in [6.45, 7) is 8.27. The summed E-state index contributed by atoms with van der Waals surface area (Å²) in [5.74, 6) is -2.16. The van der Waals surface area contributed by atoms with Gasteiger partial charge in [0.15, 0.2) is 5.76 Å². The van der Waals surface area contributed by atoms with Crippen molar-refractivity contribution < 1.29 is 19.4 Å². The molecule has 5 atom stereocenters. The lowest BCUT2D eigenvalue weighted by Gasteiger charge is -2.53. The molecule has 0 aromatic heterocycles. The molecule has 0 spiro atoms. The summed E-state index contributed by atoms with van der Waals surface area (Å²) >= 11 is 0. The van der Waals surface area contributed by atoms with Crippen molar-refractivity contribution >= 4 is 11.8 Å². The van der Waals surface area contributed by atoms with Gasteiger partial charge in [0.05, 0.1) is 7.11 Å². The van der Waals surface area contributed by atoms with Gasteiger partial charge >= 0.3 is 5.97 Å². The predicted octanol–water partition coefficient (Wildman–Crippen LogP) is 3.75. The Morgan fingerprint density at radius 3 is 2.79 bits per heavy atom. The molecule has 0 aromatic rings. The first-order valence-corrected chi connectivity index (χ1v) is 8.62. The minimum absolute atomic E-state index is 0.101. The second kappa shape index (κ2) is 5.61. The molecular formula is C20H26O4. The maximum Gasteiger partial charge on any atom is 0.317 e. The molecule has 3 rings (SSSR count). The molecule has 3 aliphatic carbocycles. The van der Waals surface area contributed by atoms with Gasteiger partial charge in [-0.15, -0.1) is 6.58 Å². The third kappa shape index (κ3) is 2.35. The van der Waals surface area contributed by atoms with Crippen LogP contribution in [0.5, 0.6) is 0 Å². The number of methoxy groups -OCH3 is 1. The molecule has 1 fully saturated rings. The molecule has 1 saturated carbocycles. The van der Waals surface area contributed by atoms with E-state index in [1.54, 1.807) is 6.08 Å². The Balaban J connectivity index is 2.04. The number of aliphatic hydroxyl groups excluding tert-OH is 1. The first-order chi connectivity index (χ1) is 11.3. The highest BCUT2D eigenvalue weighted by atomic mass is 16.5. The van der Waals surface area contributed by atoms with Gasteiger partial charge in [0, 0.05) is 5.41 Å². The summed E-state index contributed by atoms with van der Waals surface area (Å²) in [6.07, 6.45) is 9.54. The molecule has 0 bridgehead atoms. The third-order valence-electron chi connectivity index (χ3n) is 6.58. The first kappa shape index (κ1) is 17.0. The molecule has 0 heterocycles. The summed E-state index contributed by atoms with van der Waals surface area (Å²) in [5, 5.41) is 10.2. The number of aliphatic hydroxyl groups is 1. The van der Waals surface area contributed by atoms with E-state index in [4.69, 9.17) is 4.74 Å². The Hall–Kier alpha value is -1.84. The van der Waals surface area contributed by atoms with Crippen LogP contribution in [0.4, 0.5) is 0 Å². The van der Waals surface area contributed by atoms with E-state index in [0.717, 1.165) is 19.3 Å². The van der Waals surface area contributed by atoms with Crippen LogP contribution in [-0.2, 0) is 14.3 Å². The summed E-state index contributed by atoms with van der Waals surface area (Å²) in [7, 11) is 1.29. The van der Waals surface area contributed by atoms with Crippen LogP contribution in [0.3, 0.4) is 0 Å². The fourth-order valence-corrected chi connectivity index (χ4v) is 5.04. The second-order valence-corrected chi connectivity index (χ2v) is 8.01. The number of hydrogen-bond acceptors (Lipinski definition) is 4. The number of carbonyl (C=O) groups is 2. The van der Waals surface area contributed by atoms with Crippen LogP contribution in [0, 0.1) is 28.6 Å². The van der Waals surface area contributed by atoms with E-state index in [9.17, 15) is 14.7 Å². The van der Waals surface area contributed by atoms with Crippen LogP contribution in [0.25, 0.3) is 0 Å². The van der Waals surface area contributed by atoms with Crippen LogP contribution < -0.4 is 0 Å². The van der Waals surface area contributed by atoms with Crippen LogP contribution >= 0.6 is 0 Å². The minimum Gasteiger partial charge on any atom is -0.505 e. The maximum absolute atomic E-state index is 12.4. The van der Waals surface area contributed by atoms with E-state index < -0.39 is 23.1 Å². The summed E-state index contributed by atoms with van der Waals surface area (Å²) < 4.78 is 4.86. The second-order valence-electron chi connectivity index (χ2n) is 8.01. The average Bonchev–Trinajstić information content (AvgIpc) is 2.55. The van der Waals surface area contributed by atoms with Gasteiger partial charge in [-0.1, -0.05) is 31.6 Å². The van der Waals surface area contributed by atoms with Crippen LogP contribution in [0.15, 0.2) is 36.1 Å². The van der Waals surface area contributed by atoms with Gasteiger partial charge in [0.2, 0.25) is 5.78 Å². The smallest absolute Gasteiger partial charge is 0.317 e. The largest absolute Gasteiger partial charge is 0.505 e. The molecule has 0 amide bonds. The highest BCUT2D eigenvalue weighted by Gasteiger charge is 2.56. The molecule has 0 aliphatic heterocycles. The SMILES string of the molecule is C=C[C@@]1(C)CC[C@H]2C(=CC[C@H]3[C@H](C(=O)OC)C(=O)C(O)=C[C@]23C)C1. The molecule has 0 unspecified atom stereocenters. The molecule has 0 aromatic carbocycles. The number of Topliss-reactive ketones (excluding diaryl/α,β-unsaturated/α-hetero) is 1. The van der Waals surface area contributed by atoms with Gasteiger partial charge in [-0.2, -0.15) is 0 Å². The van der Waals surface area contributed by atoms with E-state index in [2.05, 4.69) is 26.5 Å². The maximum atomic E-state index is 12.4. The van der Waals surface area contributed by atoms with Crippen molar-refractivity contribution in [3.8, 4) is 0 Å². The normalized spacial score (nSPS) is 41.5. The van der Waals surface area contributed by atoms with Crippen LogP contribution in [0.1, 0.15) is 39.5 Å². The van der Waals surface area contributed by atoms with E-state index >= 15 is 0 Å². The lowest BCUT2D eigenvalue weighted by atomic mass is 9.50. The minimum atomic E-state index is -0.907. The van der Waals surface area contributed by atoms with Crippen molar-refractivity contribution in [2.24, 2.45) is 28.6 Å². The van der Waals surface area contributed by atoms with Gasteiger partial charge in [-0.25, -0.2) is 0 Å². The highest BCUT2D eigenvalue weighted by molar-refractivity contribution is 6.08. The van der Waals surface area contributed by atoms with Gasteiger partial charge in [0.25, 0.3) is 0 Å². The van der Waals surface area contributed by atoms with E-state index in [-0.39, 0.29) is 23.0 Å². The topological polar surface area (TPSA) is 63.6 Å². The Morgan fingerprint density at radius 1 is 1.46 bits per heavy atom. The average molecular weight is 330 g/mol. The number of ether oxygens (including phenoxy) is 1. The number of esters is 1. The number of ketones is 1. The fourth-order valence-electron chi connectivity index (χ4n) is 5.04. The molecule has 3 aliphatic rings. The number of fused-ring (bicyclic) bond motifs is 3. The fraction of sp³-hybridized carbons (Fsp3) is 0.600. The van der Waals surface area contributed by atoms with Crippen molar-refractivity contribution in [3.05, 3.63) is 36.1 Å². The van der Waals surface area contributed by atoms with Crippen LogP contribution in [0.2, 0.25) is 0 Å². The third-order valence-corrected chi connectivity index (χ3v) is 6.58. The van der Waals surface area contributed by atoms with Gasteiger partial charge in [-0.3, -0.25) is 9.59 Å². The summed E-state index contributed by atoms with van der Waals surface area (Å²) in [4.78, 5) is 24.6. The zero-order valence-electron chi connectivity index (χ0n) is 14.7. The van der Waals surface area contributed by atoms with Gasteiger partial charge in [0.1, 0.15) is 5.92 Å². The van der Waals surface area contributed by atoms with Crippen molar-refractivity contribution in [2.75, 3.05) is 7.11 Å². The highest BCUT2D eigenvalue weighted by Crippen LogP contribution is 2.59. The van der Waals surface area contributed by atoms with Crippen molar-refractivity contribution in [1.29, 1.82) is 0 Å². The van der Waals surface area contributed by atoms with Crippen molar-refractivity contribution in [3.63, 3.8) is 0 Å². The van der Waals surface area contributed by atoms with Crippen molar-refractivity contribution in [2.45, 2.75) is 39.5 Å². The van der Waals surface area contributed by atoms with Crippen molar-refractivity contribution in [1.82, 2.24) is 0 Å². The zero-order chi connectivity index (χ0) is 17.7. The standard InChI is InChI=1S/C20H26O4/c1-5-19(2)9-8-13-12(10-19)6-7-14-16(18(23)24-4)17(22)15(21)11-20(13,14)3/h5-6,11,13-14,16,21H,1,7-10H2,2-4H3/t13-,14-,16-,19-,20+/m0/s1. The molecule has 0 radical (unpaired) electrons. The Bertz CT molecular complexity index is 659. The quantitative estimate of drug-likeness (QED) is 0.476.